The molecule has 138 valence electrons. The SMILES string of the molecule is Cc1cccc2c1cc(-c1ccccc1)n1c3c(c(=O)nc21)C1CCC3CC1. The molecular weight excluding hydrogens is 344 g/mol. The van der Waals surface area contributed by atoms with Crippen LogP contribution in [0.2, 0.25) is 0 Å². The zero-order valence-corrected chi connectivity index (χ0v) is 16.0. The topological polar surface area (TPSA) is 34.4 Å². The Hall–Kier alpha value is -2.94. The van der Waals surface area contributed by atoms with Gasteiger partial charge in [0.05, 0.1) is 5.69 Å². The minimum absolute atomic E-state index is 0.00239. The van der Waals surface area contributed by atoms with Gasteiger partial charge >= 0.3 is 0 Å². The first-order valence-electron chi connectivity index (χ1n) is 10.3. The molecule has 0 unspecified atom stereocenters. The number of aryl methyl sites for hydroxylation is 1. The van der Waals surface area contributed by atoms with Gasteiger partial charge in [-0.25, -0.2) is 0 Å². The maximum atomic E-state index is 13.1. The molecule has 2 heterocycles. The van der Waals surface area contributed by atoms with Crippen LogP contribution in [0.4, 0.5) is 0 Å². The van der Waals surface area contributed by atoms with Crippen LogP contribution in [0.1, 0.15) is 54.3 Å². The average molecular weight is 366 g/mol. The number of nitrogens with zero attached hydrogens (tertiary/aromatic N) is 2. The summed E-state index contributed by atoms with van der Waals surface area (Å²) < 4.78 is 2.32. The summed E-state index contributed by atoms with van der Waals surface area (Å²) in [5.41, 5.74) is 6.57. The third-order valence-electron chi connectivity index (χ3n) is 6.85. The van der Waals surface area contributed by atoms with Crippen LogP contribution in [-0.2, 0) is 0 Å². The lowest BCUT2D eigenvalue weighted by molar-refractivity contribution is 0.345. The lowest BCUT2D eigenvalue weighted by atomic mass is 9.69. The summed E-state index contributed by atoms with van der Waals surface area (Å²) in [5.74, 6) is 0.849. The van der Waals surface area contributed by atoms with Gasteiger partial charge in [0.15, 0.2) is 0 Å². The van der Waals surface area contributed by atoms with Gasteiger partial charge in [-0.3, -0.25) is 9.20 Å². The van der Waals surface area contributed by atoms with E-state index in [0.717, 1.165) is 35.1 Å². The van der Waals surface area contributed by atoms with Crippen LogP contribution in [-0.4, -0.2) is 9.38 Å². The second kappa shape index (κ2) is 5.78. The fraction of sp³-hybridized carbons (Fsp3) is 0.280. The molecule has 3 aliphatic rings. The first-order chi connectivity index (χ1) is 13.7. The summed E-state index contributed by atoms with van der Waals surface area (Å²) in [6.07, 6.45) is 4.63. The molecule has 2 aromatic heterocycles. The van der Waals surface area contributed by atoms with Crippen LogP contribution < -0.4 is 5.56 Å². The standard InChI is InChI=1S/C25H22N2O/c1-15-6-5-9-19-20(15)14-21(16-7-3-2-4-8-16)27-23-18-12-10-17(11-13-18)22(23)25(28)26-24(19)27/h2-9,14,17-18H,10-13H2,1H3. The highest BCUT2D eigenvalue weighted by Crippen LogP contribution is 2.49. The molecule has 0 N–H and O–H groups in total. The predicted molar refractivity (Wildman–Crippen MR) is 113 cm³/mol. The molecule has 4 aromatic rings. The van der Waals surface area contributed by atoms with Crippen molar-refractivity contribution in [3.8, 4) is 11.3 Å². The summed E-state index contributed by atoms with van der Waals surface area (Å²) in [6, 6.07) is 19.1. The largest absolute Gasteiger partial charge is 0.297 e. The van der Waals surface area contributed by atoms with Crippen LogP contribution in [0.5, 0.6) is 0 Å². The van der Waals surface area contributed by atoms with Gasteiger partial charge in [-0.15, -0.1) is 0 Å². The molecule has 7 rings (SSSR count). The number of aromatic nitrogens is 2. The van der Waals surface area contributed by atoms with E-state index in [1.807, 2.05) is 6.07 Å². The summed E-state index contributed by atoms with van der Waals surface area (Å²) >= 11 is 0. The highest BCUT2D eigenvalue weighted by molar-refractivity contribution is 5.98. The minimum atomic E-state index is -0.00239. The van der Waals surface area contributed by atoms with Crippen molar-refractivity contribution in [3.63, 3.8) is 0 Å². The molecular formula is C25H22N2O. The molecule has 3 aliphatic carbocycles. The van der Waals surface area contributed by atoms with Crippen molar-refractivity contribution < 1.29 is 0 Å². The Bertz CT molecular complexity index is 1300. The van der Waals surface area contributed by atoms with E-state index in [2.05, 4.69) is 64.8 Å². The van der Waals surface area contributed by atoms with Crippen LogP contribution in [0.3, 0.4) is 0 Å². The minimum Gasteiger partial charge on any atom is -0.297 e. The van der Waals surface area contributed by atoms with E-state index in [4.69, 9.17) is 0 Å². The normalized spacial score (nSPS) is 20.6. The quantitative estimate of drug-likeness (QED) is 0.412. The van der Waals surface area contributed by atoms with E-state index in [1.54, 1.807) is 0 Å². The van der Waals surface area contributed by atoms with Crippen molar-refractivity contribution in [2.75, 3.05) is 0 Å². The number of pyridine rings is 1. The van der Waals surface area contributed by atoms with E-state index < -0.39 is 0 Å². The zero-order valence-electron chi connectivity index (χ0n) is 16.0. The van der Waals surface area contributed by atoms with Crippen molar-refractivity contribution in [1.29, 1.82) is 0 Å². The smallest absolute Gasteiger partial charge is 0.276 e. The third-order valence-corrected chi connectivity index (χ3v) is 6.85. The highest BCUT2D eigenvalue weighted by Gasteiger charge is 2.37. The number of hydrogen-bond donors (Lipinski definition) is 0. The van der Waals surface area contributed by atoms with Gasteiger partial charge in [0.25, 0.3) is 5.56 Å². The van der Waals surface area contributed by atoms with Crippen LogP contribution in [0.25, 0.3) is 27.7 Å². The van der Waals surface area contributed by atoms with E-state index in [1.165, 1.54) is 35.0 Å². The molecule has 2 bridgehead atoms. The highest BCUT2D eigenvalue weighted by atomic mass is 16.1. The molecule has 0 amide bonds. The molecule has 1 fully saturated rings. The van der Waals surface area contributed by atoms with E-state index in [-0.39, 0.29) is 5.56 Å². The van der Waals surface area contributed by atoms with E-state index in [9.17, 15) is 4.79 Å². The second-order valence-electron chi connectivity index (χ2n) is 8.36. The van der Waals surface area contributed by atoms with E-state index >= 15 is 0 Å². The van der Waals surface area contributed by atoms with Crippen LogP contribution in [0, 0.1) is 6.92 Å². The summed E-state index contributed by atoms with van der Waals surface area (Å²) in [7, 11) is 0. The molecule has 2 aromatic carbocycles. The Labute approximate surface area is 163 Å². The van der Waals surface area contributed by atoms with Crippen molar-refractivity contribution in [3.05, 3.63) is 81.8 Å². The van der Waals surface area contributed by atoms with Crippen molar-refractivity contribution in [2.45, 2.75) is 44.4 Å². The number of hydrogen-bond acceptors (Lipinski definition) is 2. The molecule has 0 spiro atoms. The number of fused-ring (bicyclic) bond motifs is 5. The maximum absolute atomic E-state index is 13.1. The van der Waals surface area contributed by atoms with Gasteiger partial charge < -0.3 is 0 Å². The zero-order chi connectivity index (χ0) is 18.8. The monoisotopic (exact) mass is 366 g/mol. The van der Waals surface area contributed by atoms with Crippen LogP contribution >= 0.6 is 0 Å². The summed E-state index contributed by atoms with van der Waals surface area (Å²) in [6.45, 7) is 2.13. The molecule has 28 heavy (non-hydrogen) atoms. The Morgan fingerprint density at radius 2 is 1.64 bits per heavy atom. The Morgan fingerprint density at radius 1 is 0.893 bits per heavy atom. The molecule has 0 radical (unpaired) electrons. The van der Waals surface area contributed by atoms with Gasteiger partial charge in [0, 0.05) is 22.6 Å². The van der Waals surface area contributed by atoms with E-state index in [0.29, 0.717) is 11.8 Å². The van der Waals surface area contributed by atoms with Gasteiger partial charge in [-0.2, -0.15) is 4.98 Å². The van der Waals surface area contributed by atoms with Crippen molar-refractivity contribution in [1.82, 2.24) is 9.38 Å². The van der Waals surface area contributed by atoms with Crippen molar-refractivity contribution >= 4 is 16.4 Å². The number of benzene rings is 2. The fourth-order valence-electron chi connectivity index (χ4n) is 5.51. The summed E-state index contributed by atoms with van der Waals surface area (Å²) in [5, 5.41) is 2.25. The molecule has 1 saturated carbocycles. The lowest BCUT2D eigenvalue weighted by Crippen LogP contribution is -2.33. The average Bonchev–Trinajstić information content (AvgIpc) is 2.75. The summed E-state index contributed by atoms with van der Waals surface area (Å²) in [4.78, 5) is 17.8. The lowest BCUT2D eigenvalue weighted by Gasteiger charge is -2.38. The molecule has 0 atom stereocenters. The molecule has 0 saturated heterocycles. The number of rotatable bonds is 1. The van der Waals surface area contributed by atoms with Gasteiger partial charge in [-0.05, 0) is 61.1 Å². The molecule has 0 aliphatic heterocycles. The van der Waals surface area contributed by atoms with Gasteiger partial charge in [-0.1, -0.05) is 48.5 Å². The Kier molecular flexibility index (Phi) is 3.31. The first kappa shape index (κ1) is 16.1. The first-order valence-corrected chi connectivity index (χ1v) is 10.3. The van der Waals surface area contributed by atoms with Crippen LogP contribution in [0.15, 0.2) is 59.4 Å². The van der Waals surface area contributed by atoms with Gasteiger partial charge in [0.1, 0.15) is 5.65 Å². The predicted octanol–water partition coefficient (Wildman–Crippen LogP) is 5.58. The maximum Gasteiger partial charge on any atom is 0.276 e. The van der Waals surface area contributed by atoms with Crippen molar-refractivity contribution in [2.24, 2.45) is 0 Å². The fourth-order valence-corrected chi connectivity index (χ4v) is 5.51. The second-order valence-corrected chi connectivity index (χ2v) is 8.36. The Morgan fingerprint density at radius 3 is 2.43 bits per heavy atom. The Balaban J connectivity index is 1.87. The molecule has 3 heteroatoms. The third kappa shape index (κ3) is 2.10. The molecule has 3 nitrogen and oxygen atoms in total. The van der Waals surface area contributed by atoms with Gasteiger partial charge in [0.2, 0.25) is 0 Å².